The van der Waals surface area contributed by atoms with Crippen molar-refractivity contribution >= 4 is 29.8 Å². The number of benzene rings is 1. The number of nitriles is 1. The predicted molar refractivity (Wildman–Crippen MR) is 162 cm³/mol. The van der Waals surface area contributed by atoms with E-state index in [4.69, 9.17) is 14.7 Å². The Morgan fingerprint density at radius 2 is 1.75 bits per heavy atom. The molecule has 12 nitrogen and oxygen atoms in total. The molecule has 0 radical (unpaired) electrons. The second-order valence-electron chi connectivity index (χ2n) is 12.4. The van der Waals surface area contributed by atoms with Crippen molar-refractivity contribution in [2.24, 2.45) is 17.3 Å². The summed E-state index contributed by atoms with van der Waals surface area (Å²) in [7, 11) is 0. The van der Waals surface area contributed by atoms with Crippen LogP contribution < -0.4 is 21.3 Å². The van der Waals surface area contributed by atoms with Crippen molar-refractivity contribution in [3.63, 3.8) is 0 Å². The topological polar surface area (TPSA) is 176 Å². The normalized spacial score (nSPS) is 17.5. The van der Waals surface area contributed by atoms with E-state index in [0.717, 1.165) is 5.56 Å². The van der Waals surface area contributed by atoms with Gasteiger partial charge in [-0.1, -0.05) is 50.3 Å². The van der Waals surface area contributed by atoms with Crippen LogP contribution in [0.25, 0.3) is 0 Å². The predicted octanol–water partition coefficient (Wildman–Crippen LogP) is 2.88. The molecule has 1 aliphatic heterocycles. The van der Waals surface area contributed by atoms with Gasteiger partial charge in [0.2, 0.25) is 17.7 Å². The van der Waals surface area contributed by atoms with Crippen LogP contribution in [0.1, 0.15) is 66.4 Å². The third-order valence-electron chi connectivity index (χ3n) is 6.92. The molecule has 2 rings (SSSR count). The van der Waals surface area contributed by atoms with E-state index >= 15 is 0 Å². The van der Waals surface area contributed by atoms with E-state index in [1.165, 1.54) is 19.1 Å². The van der Waals surface area contributed by atoms with Crippen LogP contribution in [0.15, 0.2) is 42.5 Å². The number of carbonyl (C=O) groups is 5. The van der Waals surface area contributed by atoms with E-state index in [1.54, 1.807) is 45.0 Å². The standard InChI is InChI=1S/C32H45N5O7/c1-20(2)17-25(28(39)35-24(13-10-15-33)18-23-14-16-34-27(23)38)36-29(40)26(21(3)44-30(41)32(4,5)6)37-31(42)43-19-22-11-8-7-9-12-22/h7-13,20-21,23-26H,14,16-19H2,1-6H3,(H,34,38)(H,35,39)(H,36,40)(H,37,42)/t21?,23?,24-,25+,26+/m1/s1. The van der Waals surface area contributed by atoms with E-state index in [2.05, 4.69) is 21.3 Å². The molecule has 1 heterocycles. The molecular weight excluding hydrogens is 566 g/mol. The second-order valence-corrected chi connectivity index (χ2v) is 12.4. The number of carbonyl (C=O) groups excluding carboxylic acids is 5. The average molecular weight is 612 g/mol. The monoisotopic (exact) mass is 611 g/mol. The smallest absolute Gasteiger partial charge is 0.408 e. The first-order valence-electron chi connectivity index (χ1n) is 14.8. The summed E-state index contributed by atoms with van der Waals surface area (Å²) in [4.78, 5) is 64.6. The van der Waals surface area contributed by atoms with Gasteiger partial charge in [-0.3, -0.25) is 19.2 Å². The van der Waals surface area contributed by atoms with E-state index < -0.39 is 53.5 Å². The lowest BCUT2D eigenvalue weighted by molar-refractivity contribution is -0.160. The lowest BCUT2D eigenvalue weighted by Gasteiger charge is -2.29. The zero-order chi connectivity index (χ0) is 32.9. The summed E-state index contributed by atoms with van der Waals surface area (Å²) in [6.07, 6.45) is 1.87. The molecule has 0 spiro atoms. The van der Waals surface area contributed by atoms with E-state index in [1.807, 2.05) is 26.0 Å². The van der Waals surface area contributed by atoms with Gasteiger partial charge in [-0.25, -0.2) is 4.79 Å². The maximum absolute atomic E-state index is 13.6. The maximum Gasteiger partial charge on any atom is 0.408 e. The minimum absolute atomic E-state index is 0.0156. The van der Waals surface area contributed by atoms with Crippen LogP contribution in [0.5, 0.6) is 0 Å². The van der Waals surface area contributed by atoms with Crippen LogP contribution in [-0.2, 0) is 35.3 Å². The van der Waals surface area contributed by atoms with Crippen LogP contribution in [0.4, 0.5) is 4.79 Å². The van der Waals surface area contributed by atoms with Gasteiger partial charge in [0.25, 0.3) is 0 Å². The van der Waals surface area contributed by atoms with Gasteiger partial charge in [-0.05, 0) is 58.4 Å². The third-order valence-corrected chi connectivity index (χ3v) is 6.92. The molecule has 0 aromatic heterocycles. The molecule has 1 aromatic carbocycles. The lowest BCUT2D eigenvalue weighted by Crippen LogP contribution is -2.58. The minimum atomic E-state index is -1.39. The van der Waals surface area contributed by atoms with Gasteiger partial charge >= 0.3 is 12.1 Å². The number of esters is 1. The number of allylic oxidation sites excluding steroid dienone is 1. The molecule has 4 N–H and O–H groups in total. The quantitative estimate of drug-likeness (QED) is 0.183. The highest BCUT2D eigenvalue weighted by molar-refractivity contribution is 5.92. The summed E-state index contributed by atoms with van der Waals surface area (Å²) >= 11 is 0. The first-order valence-corrected chi connectivity index (χ1v) is 14.8. The Morgan fingerprint density at radius 3 is 2.32 bits per heavy atom. The molecule has 12 heteroatoms. The molecule has 4 amide bonds. The van der Waals surface area contributed by atoms with Crippen molar-refractivity contribution in [1.29, 1.82) is 5.26 Å². The van der Waals surface area contributed by atoms with E-state index in [9.17, 15) is 24.0 Å². The van der Waals surface area contributed by atoms with Gasteiger partial charge < -0.3 is 30.7 Å². The van der Waals surface area contributed by atoms with Crippen molar-refractivity contribution in [2.45, 2.75) is 91.6 Å². The Kier molecular flexibility index (Phi) is 13.9. The van der Waals surface area contributed by atoms with E-state index in [0.29, 0.717) is 13.0 Å². The van der Waals surface area contributed by atoms with Gasteiger partial charge in [0.15, 0.2) is 0 Å². The fraction of sp³-hybridized carbons (Fsp3) is 0.562. The van der Waals surface area contributed by atoms with Gasteiger partial charge in [0.1, 0.15) is 24.8 Å². The van der Waals surface area contributed by atoms with Crippen molar-refractivity contribution in [3.8, 4) is 6.07 Å². The van der Waals surface area contributed by atoms with Crippen molar-refractivity contribution in [1.82, 2.24) is 21.3 Å². The Hall–Kier alpha value is -4.40. The molecule has 1 aliphatic rings. The molecule has 2 unspecified atom stereocenters. The molecule has 0 bridgehead atoms. The molecule has 0 aliphatic carbocycles. The fourth-order valence-corrected chi connectivity index (χ4v) is 4.47. The van der Waals surface area contributed by atoms with Crippen LogP contribution in [0, 0.1) is 28.6 Å². The number of hydrogen-bond donors (Lipinski definition) is 4. The second kappa shape index (κ2) is 17.0. The Bertz CT molecular complexity index is 1220. The Morgan fingerprint density at radius 1 is 1.07 bits per heavy atom. The zero-order valence-corrected chi connectivity index (χ0v) is 26.3. The summed E-state index contributed by atoms with van der Waals surface area (Å²) in [6.45, 7) is 10.7. The number of nitrogens with one attached hydrogen (secondary N) is 4. The van der Waals surface area contributed by atoms with Gasteiger partial charge in [0.05, 0.1) is 11.5 Å². The summed E-state index contributed by atoms with van der Waals surface area (Å²) in [5, 5.41) is 19.8. The van der Waals surface area contributed by atoms with Gasteiger partial charge in [-0.2, -0.15) is 5.26 Å². The molecule has 240 valence electrons. The number of rotatable bonds is 14. The molecule has 5 atom stereocenters. The Labute approximate surface area is 259 Å². The number of ether oxygens (including phenoxy) is 2. The Balaban J connectivity index is 2.23. The highest BCUT2D eigenvalue weighted by atomic mass is 16.6. The molecule has 1 aromatic rings. The van der Waals surface area contributed by atoms with Crippen molar-refractivity contribution in [2.75, 3.05) is 6.54 Å². The van der Waals surface area contributed by atoms with Crippen LogP contribution in [0.3, 0.4) is 0 Å². The van der Waals surface area contributed by atoms with Crippen molar-refractivity contribution in [3.05, 3.63) is 48.0 Å². The van der Waals surface area contributed by atoms with Crippen LogP contribution in [-0.4, -0.2) is 60.6 Å². The molecule has 1 saturated heterocycles. The fourth-order valence-electron chi connectivity index (χ4n) is 4.47. The summed E-state index contributed by atoms with van der Waals surface area (Å²) in [5.41, 5.74) is -0.134. The molecule has 0 saturated carbocycles. The zero-order valence-electron chi connectivity index (χ0n) is 26.3. The highest BCUT2D eigenvalue weighted by Gasteiger charge is 2.36. The summed E-state index contributed by atoms with van der Waals surface area (Å²) in [5.74, 6) is -2.32. The number of alkyl carbamates (subject to hydrolysis) is 1. The summed E-state index contributed by atoms with van der Waals surface area (Å²) in [6, 6.07) is 7.82. The first kappa shape index (κ1) is 35.8. The minimum Gasteiger partial charge on any atom is -0.460 e. The van der Waals surface area contributed by atoms with Crippen molar-refractivity contribution < 1.29 is 33.4 Å². The third kappa shape index (κ3) is 12.1. The number of nitrogens with zero attached hydrogens (tertiary/aromatic N) is 1. The SMILES string of the molecule is CC(C)C[C@H](NC(=O)[C@@H](NC(=O)OCc1ccccc1)C(C)OC(=O)C(C)(C)C)C(=O)N[C@H](C=CC#N)CC1CCNC1=O. The summed E-state index contributed by atoms with van der Waals surface area (Å²) < 4.78 is 10.8. The molecular formula is C32H45N5O7. The number of amides is 4. The largest absolute Gasteiger partial charge is 0.460 e. The molecule has 1 fully saturated rings. The highest BCUT2D eigenvalue weighted by Crippen LogP contribution is 2.19. The van der Waals surface area contributed by atoms with Crippen LogP contribution in [0.2, 0.25) is 0 Å². The lowest BCUT2D eigenvalue weighted by atomic mass is 9.96. The average Bonchev–Trinajstić information content (AvgIpc) is 3.36. The van der Waals surface area contributed by atoms with E-state index in [-0.39, 0.29) is 37.2 Å². The van der Waals surface area contributed by atoms with Crippen LogP contribution >= 0.6 is 0 Å². The maximum atomic E-state index is 13.6. The first-order chi connectivity index (χ1) is 20.7. The van der Waals surface area contributed by atoms with Gasteiger partial charge in [-0.15, -0.1) is 0 Å². The number of hydrogen-bond acceptors (Lipinski definition) is 8. The molecule has 44 heavy (non-hydrogen) atoms. The van der Waals surface area contributed by atoms with Gasteiger partial charge in [0, 0.05) is 24.6 Å².